The number of hydrogen-bond acceptors (Lipinski definition) is 4. The van der Waals surface area contributed by atoms with Gasteiger partial charge >= 0.3 is 11.9 Å². The first-order chi connectivity index (χ1) is 9.54. The molecule has 0 atom stereocenters. The summed E-state index contributed by atoms with van der Waals surface area (Å²) in [6.45, 7) is 0. The topological polar surface area (TPSA) is 99.5 Å². The van der Waals surface area contributed by atoms with Crippen LogP contribution in [0.15, 0.2) is 48.8 Å². The lowest BCUT2D eigenvalue weighted by Gasteiger charge is -1.95. The Morgan fingerprint density at radius 2 is 1.62 bits per heavy atom. The second-order valence-corrected chi connectivity index (χ2v) is 3.68. The number of rotatable bonds is 3. The summed E-state index contributed by atoms with van der Waals surface area (Å²) < 4.78 is 0. The Kier molecular flexibility index (Phi) is 8.17. The average Bonchev–Trinajstić information content (AvgIpc) is 2.49. The van der Waals surface area contributed by atoms with E-state index in [1.807, 2.05) is 19.2 Å². The number of hydrogen-bond donors (Lipinski definition) is 3. The molecule has 0 bridgehead atoms. The molecule has 0 aliphatic heterocycles. The maximum atomic E-state index is 10.4. The van der Waals surface area contributed by atoms with E-state index in [2.05, 4.69) is 10.3 Å². The van der Waals surface area contributed by atoms with Crippen molar-refractivity contribution in [3.8, 4) is 0 Å². The number of carbonyl (C=O) groups is 2. The maximum absolute atomic E-state index is 10.4. The summed E-state index contributed by atoms with van der Waals surface area (Å²) in [7, 11) is 1.87. The molecule has 0 aliphatic rings. The van der Waals surface area contributed by atoms with Gasteiger partial charge in [-0.1, -0.05) is 6.07 Å². The summed E-state index contributed by atoms with van der Waals surface area (Å²) in [6, 6.07) is 9.06. The molecule has 0 amide bonds. The molecule has 0 radical (unpaired) electrons. The Hall–Kier alpha value is -2.60. The maximum Gasteiger partial charge on any atom is 0.335 e. The fourth-order valence-electron chi connectivity index (χ4n) is 1.30. The van der Waals surface area contributed by atoms with E-state index in [4.69, 9.17) is 10.2 Å². The van der Waals surface area contributed by atoms with Crippen molar-refractivity contribution in [2.45, 2.75) is 0 Å². The van der Waals surface area contributed by atoms with Crippen LogP contribution in [-0.2, 0) is 0 Å². The van der Waals surface area contributed by atoms with Gasteiger partial charge in [0.2, 0.25) is 0 Å². The van der Waals surface area contributed by atoms with Crippen molar-refractivity contribution in [3.05, 3.63) is 59.9 Å². The second kappa shape index (κ2) is 9.33. The number of benzene rings is 1. The van der Waals surface area contributed by atoms with Crippen molar-refractivity contribution in [1.82, 2.24) is 4.98 Å². The minimum atomic E-state index is -1.13. The standard InChI is InChI=1S/C8H6O4.C6H8N2.ClH/c9-7(10)5-2-1-3-6(4-5)8(11)12;1-7-6-3-2-4-8-5-6;/h1-4H,(H,9,10)(H,11,12);2-5,7H,1H3;1H. The summed E-state index contributed by atoms with van der Waals surface area (Å²) in [5.74, 6) is -2.25. The number of pyridine rings is 1. The molecule has 2 rings (SSSR count). The lowest BCUT2D eigenvalue weighted by Crippen LogP contribution is -2.01. The fourth-order valence-corrected chi connectivity index (χ4v) is 1.30. The number of carboxylic acid groups (broad SMARTS) is 2. The van der Waals surface area contributed by atoms with Crippen LogP contribution in [0.2, 0.25) is 0 Å². The van der Waals surface area contributed by atoms with E-state index in [0.29, 0.717) is 0 Å². The molecule has 6 nitrogen and oxygen atoms in total. The smallest absolute Gasteiger partial charge is 0.335 e. The molecule has 1 aromatic carbocycles. The zero-order valence-electron chi connectivity index (χ0n) is 11.2. The summed E-state index contributed by atoms with van der Waals surface area (Å²) in [5, 5.41) is 20.0. The molecular formula is C14H15ClN2O4. The number of aromatic carboxylic acids is 2. The van der Waals surface area contributed by atoms with E-state index in [9.17, 15) is 9.59 Å². The zero-order valence-corrected chi connectivity index (χ0v) is 12.0. The van der Waals surface area contributed by atoms with Gasteiger partial charge in [-0.05, 0) is 30.3 Å². The van der Waals surface area contributed by atoms with Gasteiger partial charge in [0.15, 0.2) is 0 Å². The van der Waals surface area contributed by atoms with E-state index in [1.165, 1.54) is 18.2 Å². The van der Waals surface area contributed by atoms with Gasteiger partial charge in [-0.2, -0.15) is 0 Å². The minimum absolute atomic E-state index is 0. The van der Waals surface area contributed by atoms with E-state index < -0.39 is 11.9 Å². The summed E-state index contributed by atoms with van der Waals surface area (Å²) in [4.78, 5) is 24.7. The molecule has 0 spiro atoms. The lowest BCUT2D eigenvalue weighted by atomic mass is 10.1. The molecule has 112 valence electrons. The van der Waals surface area contributed by atoms with Gasteiger partial charge in [-0.25, -0.2) is 9.59 Å². The van der Waals surface area contributed by atoms with Gasteiger partial charge in [-0.3, -0.25) is 4.98 Å². The van der Waals surface area contributed by atoms with Crippen LogP contribution in [0.25, 0.3) is 0 Å². The molecule has 0 fully saturated rings. The third kappa shape index (κ3) is 6.40. The molecule has 2 aromatic rings. The molecule has 0 aliphatic carbocycles. The number of nitrogens with zero attached hydrogens (tertiary/aromatic N) is 1. The van der Waals surface area contributed by atoms with E-state index in [1.54, 1.807) is 12.4 Å². The van der Waals surface area contributed by atoms with Crippen LogP contribution >= 0.6 is 12.4 Å². The monoisotopic (exact) mass is 310 g/mol. The number of carboxylic acids is 2. The molecule has 0 saturated heterocycles. The van der Waals surface area contributed by atoms with Gasteiger partial charge < -0.3 is 15.5 Å². The first-order valence-corrected chi connectivity index (χ1v) is 5.69. The minimum Gasteiger partial charge on any atom is -0.478 e. The quantitative estimate of drug-likeness (QED) is 0.806. The van der Waals surface area contributed by atoms with Gasteiger partial charge in [0.05, 0.1) is 16.8 Å². The van der Waals surface area contributed by atoms with Gasteiger partial charge in [0, 0.05) is 19.4 Å². The first-order valence-electron chi connectivity index (χ1n) is 5.69. The third-order valence-electron chi connectivity index (χ3n) is 2.31. The molecule has 0 unspecified atom stereocenters. The Morgan fingerprint density at radius 1 is 1.05 bits per heavy atom. The molecule has 3 N–H and O–H groups in total. The van der Waals surface area contributed by atoms with Crippen molar-refractivity contribution in [3.63, 3.8) is 0 Å². The lowest BCUT2D eigenvalue weighted by molar-refractivity contribution is 0.0696. The van der Waals surface area contributed by atoms with Crippen molar-refractivity contribution in [2.24, 2.45) is 0 Å². The zero-order chi connectivity index (χ0) is 15.0. The van der Waals surface area contributed by atoms with Crippen molar-refractivity contribution in [1.29, 1.82) is 0 Å². The highest BCUT2D eigenvalue weighted by Crippen LogP contribution is 2.04. The van der Waals surface area contributed by atoms with Gasteiger partial charge in [-0.15, -0.1) is 12.4 Å². The number of halogens is 1. The predicted octanol–water partition coefficient (Wildman–Crippen LogP) is 2.63. The molecule has 1 heterocycles. The van der Waals surface area contributed by atoms with Crippen LogP contribution in [0.5, 0.6) is 0 Å². The predicted molar refractivity (Wildman–Crippen MR) is 81.4 cm³/mol. The summed E-state index contributed by atoms with van der Waals surface area (Å²) in [5.41, 5.74) is 1.01. The van der Waals surface area contributed by atoms with E-state index >= 15 is 0 Å². The first kappa shape index (κ1) is 18.4. The Balaban J connectivity index is 0.000000390. The van der Waals surface area contributed by atoms with Crippen LogP contribution in [0.1, 0.15) is 20.7 Å². The molecule has 1 aromatic heterocycles. The Labute approximate surface area is 127 Å². The largest absolute Gasteiger partial charge is 0.478 e. The molecule has 21 heavy (non-hydrogen) atoms. The van der Waals surface area contributed by atoms with Crippen LogP contribution < -0.4 is 5.32 Å². The summed E-state index contributed by atoms with van der Waals surface area (Å²) >= 11 is 0. The van der Waals surface area contributed by atoms with Crippen molar-refractivity contribution < 1.29 is 19.8 Å². The number of aromatic nitrogens is 1. The van der Waals surface area contributed by atoms with Crippen LogP contribution in [0.3, 0.4) is 0 Å². The second-order valence-electron chi connectivity index (χ2n) is 3.68. The summed E-state index contributed by atoms with van der Waals surface area (Å²) in [6.07, 6.45) is 3.53. The normalized spacial score (nSPS) is 8.62. The molecule has 7 heteroatoms. The fraction of sp³-hybridized carbons (Fsp3) is 0.0714. The number of anilines is 1. The molecular weight excluding hydrogens is 296 g/mol. The van der Waals surface area contributed by atoms with Gasteiger partial charge in [0.1, 0.15) is 0 Å². The highest BCUT2D eigenvalue weighted by Gasteiger charge is 2.06. The Morgan fingerprint density at radius 3 is 1.95 bits per heavy atom. The SMILES string of the molecule is CNc1cccnc1.Cl.O=C(O)c1cccc(C(=O)O)c1. The highest BCUT2D eigenvalue weighted by molar-refractivity contribution is 5.93. The number of nitrogens with one attached hydrogen (secondary N) is 1. The van der Waals surface area contributed by atoms with Crippen molar-refractivity contribution in [2.75, 3.05) is 12.4 Å². The van der Waals surface area contributed by atoms with Crippen LogP contribution in [-0.4, -0.2) is 34.2 Å². The van der Waals surface area contributed by atoms with E-state index in [-0.39, 0.29) is 23.5 Å². The van der Waals surface area contributed by atoms with Gasteiger partial charge in [0.25, 0.3) is 0 Å². The van der Waals surface area contributed by atoms with Crippen LogP contribution in [0.4, 0.5) is 5.69 Å². The van der Waals surface area contributed by atoms with Crippen LogP contribution in [0, 0.1) is 0 Å². The third-order valence-corrected chi connectivity index (χ3v) is 2.31. The molecule has 0 saturated carbocycles. The van der Waals surface area contributed by atoms with Crippen molar-refractivity contribution >= 4 is 30.0 Å². The average molecular weight is 311 g/mol. The highest BCUT2D eigenvalue weighted by atomic mass is 35.5. The Bertz CT molecular complexity index is 561. The van der Waals surface area contributed by atoms with E-state index in [0.717, 1.165) is 11.8 Å².